The van der Waals surface area contributed by atoms with Crippen LogP contribution in [0.2, 0.25) is 18.1 Å². The van der Waals surface area contributed by atoms with Gasteiger partial charge in [0.2, 0.25) is 0 Å². The maximum atomic E-state index is 6.61. The van der Waals surface area contributed by atoms with Crippen molar-refractivity contribution < 1.29 is 4.43 Å². The molecular weight excluding hydrogens is 374 g/mol. The van der Waals surface area contributed by atoms with Crippen LogP contribution in [0.4, 0.5) is 11.6 Å². The van der Waals surface area contributed by atoms with E-state index in [0.717, 1.165) is 28.9 Å². The number of nitrogens with zero attached hydrogens (tertiary/aromatic N) is 5. The van der Waals surface area contributed by atoms with E-state index in [2.05, 4.69) is 55.8 Å². The van der Waals surface area contributed by atoms with Crippen LogP contribution < -0.4 is 4.90 Å². The second-order valence-electron chi connectivity index (χ2n) is 9.14. The lowest BCUT2D eigenvalue weighted by molar-refractivity contribution is 0.218. The molecule has 0 N–H and O–H groups in total. The van der Waals surface area contributed by atoms with E-state index in [9.17, 15) is 0 Å². The Morgan fingerprint density at radius 1 is 1.33 bits per heavy atom. The van der Waals surface area contributed by atoms with Crippen LogP contribution >= 0.6 is 11.8 Å². The normalized spacial score (nSPS) is 20.2. The van der Waals surface area contributed by atoms with E-state index < -0.39 is 8.32 Å². The zero-order valence-electron chi connectivity index (χ0n) is 17.7. The largest absolute Gasteiger partial charge is 0.416 e. The summed E-state index contributed by atoms with van der Waals surface area (Å²) in [6.07, 6.45) is 5.95. The maximum Gasteiger partial charge on any atom is 0.192 e. The van der Waals surface area contributed by atoms with Gasteiger partial charge in [0, 0.05) is 49.6 Å². The second kappa shape index (κ2) is 6.90. The van der Waals surface area contributed by atoms with Crippen molar-refractivity contribution in [1.29, 1.82) is 0 Å². The summed E-state index contributed by atoms with van der Waals surface area (Å²) >= 11 is 1.56. The van der Waals surface area contributed by atoms with Gasteiger partial charge in [0.15, 0.2) is 19.3 Å². The van der Waals surface area contributed by atoms with Gasteiger partial charge in [0.25, 0.3) is 0 Å². The minimum absolute atomic E-state index is 0.167. The molecule has 1 aliphatic rings. The second-order valence-corrected chi connectivity index (χ2v) is 14.7. The summed E-state index contributed by atoms with van der Waals surface area (Å²) in [6.45, 7) is 15.1. The lowest BCUT2D eigenvalue weighted by atomic mass is 9.87. The van der Waals surface area contributed by atoms with Gasteiger partial charge in [0.1, 0.15) is 5.82 Å². The summed E-state index contributed by atoms with van der Waals surface area (Å²) in [7, 11) is 0.0992. The lowest BCUT2D eigenvalue weighted by Gasteiger charge is -2.39. The van der Waals surface area contributed by atoms with Crippen molar-refractivity contribution in [3.63, 3.8) is 0 Å². The van der Waals surface area contributed by atoms with Crippen LogP contribution in [0.25, 0.3) is 0 Å². The van der Waals surface area contributed by atoms with Gasteiger partial charge in [0.05, 0.1) is 0 Å². The smallest absolute Gasteiger partial charge is 0.192 e. The van der Waals surface area contributed by atoms with Crippen LogP contribution in [0.3, 0.4) is 0 Å². The molecule has 27 heavy (non-hydrogen) atoms. The molecule has 1 aliphatic heterocycles. The Bertz CT molecular complexity index is 832. The van der Waals surface area contributed by atoms with Crippen molar-refractivity contribution in [2.24, 2.45) is 7.05 Å². The molecule has 1 atom stereocenters. The molecule has 0 spiro atoms. The van der Waals surface area contributed by atoms with Crippen LogP contribution in [0.1, 0.15) is 33.3 Å². The van der Waals surface area contributed by atoms with Gasteiger partial charge in [-0.15, -0.1) is 0 Å². The highest BCUT2D eigenvalue weighted by Crippen LogP contribution is 2.45. The number of anilines is 2. The van der Waals surface area contributed by atoms with Crippen molar-refractivity contribution in [1.82, 2.24) is 19.7 Å². The topological polar surface area (TPSA) is 56.1 Å². The molecule has 0 fully saturated rings. The third-order valence-electron chi connectivity index (χ3n) is 5.88. The summed E-state index contributed by atoms with van der Waals surface area (Å²) in [5, 5.41) is 5.57. The van der Waals surface area contributed by atoms with Crippen LogP contribution in [0, 0.1) is 0 Å². The standard InChI is InChI=1S/C19H31N5OSSi/c1-18(2,3)27(7,8)25-13-19(4)12-24(15-9-10-23(5)22-15)16-14(19)11-20-17(21-16)26-6/h9-11H,12-13H2,1-8H3. The molecule has 2 aromatic rings. The molecule has 0 radical (unpaired) electrons. The molecule has 148 valence electrons. The van der Waals surface area contributed by atoms with Gasteiger partial charge >= 0.3 is 0 Å². The summed E-state index contributed by atoms with van der Waals surface area (Å²) in [5.74, 6) is 1.87. The average molecular weight is 406 g/mol. The number of hydrogen-bond donors (Lipinski definition) is 0. The van der Waals surface area contributed by atoms with E-state index in [0.29, 0.717) is 6.61 Å². The van der Waals surface area contributed by atoms with E-state index in [4.69, 9.17) is 9.41 Å². The zero-order valence-corrected chi connectivity index (χ0v) is 19.5. The molecule has 8 heteroatoms. The fourth-order valence-corrected chi connectivity index (χ4v) is 4.46. The first-order valence-corrected chi connectivity index (χ1v) is 13.4. The van der Waals surface area contributed by atoms with Crippen LogP contribution in [0.15, 0.2) is 23.6 Å². The Labute approximate surface area is 167 Å². The minimum Gasteiger partial charge on any atom is -0.416 e. The summed E-state index contributed by atoms with van der Waals surface area (Å²) in [5.41, 5.74) is 0.976. The summed E-state index contributed by atoms with van der Waals surface area (Å²) < 4.78 is 8.44. The van der Waals surface area contributed by atoms with E-state index in [1.54, 1.807) is 11.8 Å². The van der Waals surface area contributed by atoms with Gasteiger partial charge in [-0.3, -0.25) is 4.68 Å². The Hall–Kier alpha value is -1.38. The molecule has 0 aromatic carbocycles. The highest BCUT2D eigenvalue weighted by atomic mass is 32.2. The Balaban J connectivity index is 1.96. The monoisotopic (exact) mass is 405 g/mol. The molecule has 0 amide bonds. The zero-order chi connectivity index (χ0) is 20.0. The van der Waals surface area contributed by atoms with Crippen molar-refractivity contribution >= 4 is 31.7 Å². The molecule has 3 heterocycles. The van der Waals surface area contributed by atoms with Crippen molar-refractivity contribution in [3.8, 4) is 0 Å². The SMILES string of the molecule is CSc1ncc2c(n1)N(c1ccn(C)n1)CC2(C)CO[Si](C)(C)C(C)(C)C. The van der Waals surface area contributed by atoms with Crippen LogP contribution in [-0.4, -0.2) is 47.5 Å². The highest BCUT2D eigenvalue weighted by Gasteiger charge is 2.45. The summed E-state index contributed by atoms with van der Waals surface area (Å²) in [4.78, 5) is 11.6. The predicted molar refractivity (Wildman–Crippen MR) is 115 cm³/mol. The van der Waals surface area contributed by atoms with Gasteiger partial charge in [-0.05, 0) is 24.4 Å². The first kappa shape index (κ1) is 20.4. The minimum atomic E-state index is -1.84. The number of hydrogen-bond acceptors (Lipinski definition) is 6. The number of aryl methyl sites for hydroxylation is 1. The summed E-state index contributed by atoms with van der Waals surface area (Å²) in [6, 6.07) is 2.03. The fraction of sp³-hybridized carbons (Fsp3) is 0.632. The van der Waals surface area contributed by atoms with Crippen molar-refractivity contribution in [3.05, 3.63) is 24.0 Å². The van der Waals surface area contributed by atoms with Gasteiger partial charge in [-0.1, -0.05) is 39.5 Å². The first-order chi connectivity index (χ1) is 12.5. The molecule has 0 saturated carbocycles. The Morgan fingerprint density at radius 3 is 2.59 bits per heavy atom. The third kappa shape index (κ3) is 3.79. The van der Waals surface area contributed by atoms with Gasteiger partial charge in [-0.2, -0.15) is 5.10 Å². The number of thioether (sulfide) groups is 1. The molecule has 3 rings (SSSR count). The Kier molecular flexibility index (Phi) is 5.20. The molecule has 6 nitrogen and oxygen atoms in total. The Morgan fingerprint density at radius 2 is 2.04 bits per heavy atom. The van der Waals surface area contributed by atoms with E-state index in [1.165, 1.54) is 0 Å². The van der Waals surface area contributed by atoms with Crippen molar-refractivity contribution in [2.45, 2.75) is 56.4 Å². The van der Waals surface area contributed by atoms with Crippen LogP contribution in [-0.2, 0) is 16.9 Å². The number of aromatic nitrogens is 4. The van der Waals surface area contributed by atoms with Crippen LogP contribution in [0.5, 0.6) is 0 Å². The van der Waals surface area contributed by atoms with E-state index in [-0.39, 0.29) is 10.5 Å². The highest BCUT2D eigenvalue weighted by molar-refractivity contribution is 7.98. The van der Waals surface area contributed by atoms with Crippen molar-refractivity contribution in [2.75, 3.05) is 24.3 Å². The molecule has 0 aliphatic carbocycles. The number of rotatable bonds is 5. The first-order valence-electron chi connectivity index (χ1n) is 9.29. The quantitative estimate of drug-likeness (QED) is 0.418. The molecule has 1 unspecified atom stereocenters. The van der Waals surface area contributed by atoms with Gasteiger partial charge < -0.3 is 9.33 Å². The molecular formula is C19H31N5OSSi. The molecule has 0 saturated heterocycles. The maximum absolute atomic E-state index is 6.61. The molecule has 0 bridgehead atoms. The average Bonchev–Trinajstić information content (AvgIpc) is 3.14. The fourth-order valence-electron chi connectivity index (χ4n) is 3.01. The van der Waals surface area contributed by atoms with Gasteiger partial charge in [-0.25, -0.2) is 9.97 Å². The third-order valence-corrected chi connectivity index (χ3v) is 10.9. The molecule has 2 aromatic heterocycles. The van der Waals surface area contributed by atoms with E-state index in [1.807, 2.05) is 36.4 Å². The lowest BCUT2D eigenvalue weighted by Crippen LogP contribution is -2.45. The predicted octanol–water partition coefficient (Wildman–Crippen LogP) is 4.36. The number of fused-ring (bicyclic) bond motifs is 1. The van der Waals surface area contributed by atoms with E-state index >= 15 is 0 Å².